The molecule has 2 aliphatic heterocycles. The van der Waals surface area contributed by atoms with Gasteiger partial charge in [0.15, 0.2) is 0 Å². The topological polar surface area (TPSA) is 18.5 Å². The Bertz CT molecular complexity index is 87.2. The third kappa shape index (κ3) is 1.18. The second kappa shape index (κ2) is 2.40. The van der Waals surface area contributed by atoms with Gasteiger partial charge in [0, 0.05) is 24.7 Å². The first-order valence-electron chi connectivity index (χ1n) is 3.44. The minimum Gasteiger partial charge on any atom is -0.382 e. The lowest BCUT2D eigenvalue weighted by atomic mass is 10.4. The van der Waals surface area contributed by atoms with E-state index in [0.717, 1.165) is 22.7 Å². The Kier molecular flexibility index (Phi) is 1.57. The normalized spacial score (nSPS) is 41.3. The Morgan fingerprint density at radius 3 is 1.67 bits per heavy atom. The summed E-state index contributed by atoms with van der Waals surface area (Å²) in [5.41, 5.74) is 1.13. The first-order chi connectivity index (χ1) is 4.45. The summed E-state index contributed by atoms with van der Waals surface area (Å²) in [4.78, 5) is 0. The molecule has 3 heteroatoms. The van der Waals surface area contributed by atoms with E-state index in [1.807, 2.05) is 0 Å². The molecular weight excluding hydrogens is 132 g/mol. The molecule has 0 amide bonds. The second-order valence-corrected chi connectivity index (χ2v) is 4.08. The summed E-state index contributed by atoms with van der Waals surface area (Å²) in [5, 5.41) is 0. The van der Waals surface area contributed by atoms with Gasteiger partial charge in [0.2, 0.25) is 0 Å². The van der Waals surface area contributed by atoms with Gasteiger partial charge in [-0.2, -0.15) is 0 Å². The highest BCUT2D eigenvalue weighted by Gasteiger charge is 2.27. The van der Waals surface area contributed by atoms with E-state index >= 15 is 0 Å². The highest BCUT2D eigenvalue weighted by Crippen LogP contribution is 2.16. The van der Waals surface area contributed by atoms with Crippen LogP contribution in [0.2, 0.25) is 0 Å². The zero-order chi connectivity index (χ0) is 6.10. The fourth-order valence-electron chi connectivity index (χ4n) is 0.942. The van der Waals surface area contributed by atoms with Gasteiger partial charge in [0.05, 0.1) is 0 Å². The van der Waals surface area contributed by atoms with Crippen LogP contribution in [0.5, 0.6) is 0 Å². The summed E-state index contributed by atoms with van der Waals surface area (Å²) in [6.07, 6.45) is 2.52. The fourth-order valence-corrected chi connectivity index (χ4v) is 2.35. The zero-order valence-corrected chi connectivity index (χ0v) is 6.30. The Hall–Kier alpha value is 0.137. The summed E-state index contributed by atoms with van der Waals surface area (Å²) < 4.78 is 10.5. The molecule has 2 unspecified atom stereocenters. The molecule has 2 saturated heterocycles. The fraction of sp³-hybridized carbons (Fsp3) is 1.00. The van der Waals surface area contributed by atoms with Crippen LogP contribution in [0.3, 0.4) is 0 Å². The summed E-state index contributed by atoms with van der Waals surface area (Å²) >= 11 is 0. The van der Waals surface area contributed by atoms with Crippen LogP contribution < -0.4 is 0 Å². The molecule has 0 N–H and O–H groups in total. The van der Waals surface area contributed by atoms with Gasteiger partial charge in [-0.25, -0.2) is 0 Å². The number of hydrogen-bond acceptors (Lipinski definition) is 2. The van der Waals surface area contributed by atoms with Crippen LogP contribution in [0.25, 0.3) is 0 Å². The molecule has 50 valence electrons. The molecule has 2 rings (SSSR count). The van der Waals surface area contributed by atoms with Crippen LogP contribution in [-0.2, 0) is 9.47 Å². The minimum absolute atomic E-state index is 0.565. The lowest BCUT2D eigenvalue weighted by Crippen LogP contribution is -2.44. The van der Waals surface area contributed by atoms with E-state index in [4.69, 9.17) is 9.47 Å². The quantitative estimate of drug-likeness (QED) is 0.512. The molecule has 2 aliphatic rings. The van der Waals surface area contributed by atoms with E-state index in [0.29, 0.717) is 11.5 Å². The van der Waals surface area contributed by atoms with Gasteiger partial charge in [0.25, 0.3) is 0 Å². The SMILES string of the molecule is C1CC([Si]C2CCO2)O1. The first-order valence-corrected chi connectivity index (χ1v) is 4.60. The maximum Gasteiger partial charge on any atom is 0.117 e. The Balaban J connectivity index is 1.64. The van der Waals surface area contributed by atoms with Crippen LogP contribution in [0, 0.1) is 0 Å². The molecule has 2 radical (unpaired) electrons. The van der Waals surface area contributed by atoms with Gasteiger partial charge in [0.1, 0.15) is 9.52 Å². The van der Waals surface area contributed by atoms with Crippen molar-refractivity contribution in [2.24, 2.45) is 0 Å². The van der Waals surface area contributed by atoms with Crippen molar-refractivity contribution in [3.63, 3.8) is 0 Å². The molecule has 2 atom stereocenters. The number of ether oxygens (including phenoxy) is 2. The van der Waals surface area contributed by atoms with Gasteiger partial charge >= 0.3 is 0 Å². The summed E-state index contributed by atoms with van der Waals surface area (Å²) in [5.74, 6) is 0. The van der Waals surface area contributed by atoms with E-state index in [-0.39, 0.29) is 0 Å². The molecule has 0 aliphatic carbocycles. The molecule has 2 heterocycles. The number of hydrogen-bond donors (Lipinski definition) is 0. The van der Waals surface area contributed by atoms with Crippen molar-refractivity contribution < 1.29 is 9.47 Å². The standard InChI is InChI=1S/C6H10O2Si/c1-3-7-5(1)9-6-2-4-8-6/h5-6H,1-4H2. The van der Waals surface area contributed by atoms with Crippen molar-refractivity contribution in [2.75, 3.05) is 13.2 Å². The Morgan fingerprint density at radius 2 is 1.44 bits per heavy atom. The van der Waals surface area contributed by atoms with Crippen molar-refractivity contribution in [1.29, 1.82) is 0 Å². The van der Waals surface area contributed by atoms with Crippen LogP contribution in [-0.4, -0.2) is 34.2 Å². The predicted octanol–water partition coefficient (Wildman–Crippen LogP) is 0.183. The average molecular weight is 142 g/mol. The second-order valence-electron chi connectivity index (χ2n) is 2.46. The monoisotopic (exact) mass is 142 g/mol. The molecule has 0 aromatic rings. The molecule has 0 aromatic heterocycles. The zero-order valence-electron chi connectivity index (χ0n) is 5.30. The van der Waals surface area contributed by atoms with Crippen LogP contribution in [0.1, 0.15) is 12.8 Å². The predicted molar refractivity (Wildman–Crippen MR) is 34.5 cm³/mol. The third-order valence-electron chi connectivity index (χ3n) is 1.77. The highest BCUT2D eigenvalue weighted by atomic mass is 28.2. The van der Waals surface area contributed by atoms with E-state index in [2.05, 4.69) is 0 Å². The molecule has 0 spiro atoms. The van der Waals surface area contributed by atoms with Crippen LogP contribution >= 0.6 is 0 Å². The van der Waals surface area contributed by atoms with Gasteiger partial charge in [-0.05, 0) is 12.8 Å². The molecule has 0 aromatic carbocycles. The molecule has 2 fully saturated rings. The van der Waals surface area contributed by atoms with Gasteiger partial charge < -0.3 is 9.47 Å². The van der Waals surface area contributed by atoms with Crippen molar-refractivity contribution in [3.05, 3.63) is 0 Å². The summed E-state index contributed by atoms with van der Waals surface area (Å²) in [6.45, 7) is 1.95. The smallest absolute Gasteiger partial charge is 0.117 e. The third-order valence-corrected chi connectivity index (χ3v) is 3.42. The van der Waals surface area contributed by atoms with Gasteiger partial charge in [-0.15, -0.1) is 0 Å². The highest BCUT2D eigenvalue weighted by molar-refractivity contribution is 6.39. The molecule has 0 saturated carbocycles. The van der Waals surface area contributed by atoms with Gasteiger partial charge in [-0.3, -0.25) is 0 Å². The number of rotatable bonds is 2. The Labute approximate surface area is 57.4 Å². The van der Waals surface area contributed by atoms with Crippen molar-refractivity contribution >= 4 is 9.52 Å². The van der Waals surface area contributed by atoms with E-state index < -0.39 is 0 Å². The van der Waals surface area contributed by atoms with Crippen LogP contribution in [0.4, 0.5) is 0 Å². The molecule has 0 bridgehead atoms. The largest absolute Gasteiger partial charge is 0.382 e. The Morgan fingerprint density at radius 1 is 1.00 bits per heavy atom. The molecule has 9 heavy (non-hydrogen) atoms. The lowest BCUT2D eigenvalue weighted by molar-refractivity contribution is -0.0280. The van der Waals surface area contributed by atoms with E-state index in [1.165, 1.54) is 12.8 Å². The van der Waals surface area contributed by atoms with Crippen LogP contribution in [0.15, 0.2) is 0 Å². The first kappa shape index (κ1) is 5.89. The van der Waals surface area contributed by atoms with E-state index in [9.17, 15) is 0 Å². The molecule has 2 nitrogen and oxygen atoms in total. The molecular formula is C6H10O2Si. The lowest BCUT2D eigenvalue weighted by Gasteiger charge is -2.33. The maximum atomic E-state index is 5.27. The van der Waals surface area contributed by atoms with Gasteiger partial charge in [-0.1, -0.05) is 0 Å². The van der Waals surface area contributed by atoms with Crippen molar-refractivity contribution in [2.45, 2.75) is 24.3 Å². The average Bonchev–Trinajstić information content (AvgIpc) is 1.57. The van der Waals surface area contributed by atoms with E-state index in [1.54, 1.807) is 0 Å². The maximum absolute atomic E-state index is 5.27. The minimum atomic E-state index is 0.565. The summed E-state index contributed by atoms with van der Waals surface area (Å²) in [7, 11) is 0.909. The van der Waals surface area contributed by atoms with Crippen molar-refractivity contribution in [1.82, 2.24) is 0 Å². The van der Waals surface area contributed by atoms with Crippen molar-refractivity contribution in [3.8, 4) is 0 Å². The summed E-state index contributed by atoms with van der Waals surface area (Å²) in [6, 6.07) is 0.